The van der Waals surface area contributed by atoms with Crippen LogP contribution in [0.2, 0.25) is 0 Å². The Kier molecular flexibility index (Phi) is 4.63. The van der Waals surface area contributed by atoms with E-state index >= 15 is 0 Å². The van der Waals surface area contributed by atoms with Crippen LogP contribution in [0.3, 0.4) is 0 Å². The molecule has 0 aromatic carbocycles. The summed E-state index contributed by atoms with van der Waals surface area (Å²) in [4.78, 5) is 10.7. The molecule has 0 aromatic rings. The van der Waals surface area contributed by atoms with Gasteiger partial charge in [-0.15, -0.1) is 0 Å². The second-order valence-corrected chi connectivity index (χ2v) is 1.97. The molecule has 0 aliphatic carbocycles. The molecule has 0 spiro atoms. The van der Waals surface area contributed by atoms with E-state index in [4.69, 9.17) is 4.74 Å². The second-order valence-electron chi connectivity index (χ2n) is 1.97. The molecule has 0 amide bonds. The number of allylic oxidation sites excluding steroid dienone is 2. The highest BCUT2D eigenvalue weighted by Gasteiger charge is 2.00. The molecule has 0 atom stereocenters. The number of hydrogen-bond acceptors (Lipinski definition) is 2. The smallest absolute Gasteiger partial charge is 0.193 e. The van der Waals surface area contributed by atoms with Gasteiger partial charge >= 0.3 is 0 Å². The minimum Gasteiger partial charge on any atom is -0.491 e. The normalized spacial score (nSPS) is 11.3. The zero-order valence-corrected chi connectivity index (χ0v) is 6.81. The second kappa shape index (κ2) is 5.03. The van der Waals surface area contributed by atoms with E-state index in [9.17, 15) is 4.79 Å². The maximum atomic E-state index is 10.7. The molecule has 0 saturated carbocycles. The Balaban J connectivity index is 3.98. The first-order valence-electron chi connectivity index (χ1n) is 3.56. The lowest BCUT2D eigenvalue weighted by Gasteiger charge is -2.02. The van der Waals surface area contributed by atoms with Gasteiger partial charge in [-0.25, -0.2) is 0 Å². The molecule has 10 heavy (non-hydrogen) atoms. The fraction of sp³-hybridized carbons (Fsp3) is 0.625. The standard InChI is InChI=1S/C8H14O2/c1-4-6-8(7(3)9)10-5-2/h6H,4-5H2,1-3H3/b8-6+. The summed E-state index contributed by atoms with van der Waals surface area (Å²) in [5.74, 6) is 0.494. The first-order valence-corrected chi connectivity index (χ1v) is 3.56. The van der Waals surface area contributed by atoms with Gasteiger partial charge in [0.2, 0.25) is 0 Å². The molecule has 0 fully saturated rings. The number of carbonyl (C=O) groups excluding carboxylic acids is 1. The molecular weight excluding hydrogens is 128 g/mol. The van der Waals surface area contributed by atoms with Crippen LogP contribution in [0.5, 0.6) is 0 Å². The van der Waals surface area contributed by atoms with E-state index in [1.807, 2.05) is 13.8 Å². The summed E-state index contributed by atoms with van der Waals surface area (Å²) in [7, 11) is 0. The molecule has 0 N–H and O–H groups in total. The molecule has 0 radical (unpaired) electrons. The molecule has 0 aromatic heterocycles. The molecule has 58 valence electrons. The highest BCUT2D eigenvalue weighted by molar-refractivity contribution is 5.91. The lowest BCUT2D eigenvalue weighted by atomic mass is 10.3. The van der Waals surface area contributed by atoms with E-state index in [1.165, 1.54) is 6.92 Å². The van der Waals surface area contributed by atoms with Crippen molar-refractivity contribution in [2.75, 3.05) is 6.61 Å². The Morgan fingerprint density at radius 2 is 2.10 bits per heavy atom. The molecule has 2 heteroatoms. The van der Waals surface area contributed by atoms with E-state index in [2.05, 4.69) is 0 Å². The van der Waals surface area contributed by atoms with Crippen molar-refractivity contribution in [1.82, 2.24) is 0 Å². The molecule has 2 nitrogen and oxygen atoms in total. The topological polar surface area (TPSA) is 26.3 Å². The van der Waals surface area contributed by atoms with Crippen LogP contribution in [0.15, 0.2) is 11.8 Å². The van der Waals surface area contributed by atoms with Crippen molar-refractivity contribution in [3.8, 4) is 0 Å². The van der Waals surface area contributed by atoms with Crippen LogP contribution in [0.25, 0.3) is 0 Å². The monoisotopic (exact) mass is 142 g/mol. The van der Waals surface area contributed by atoms with Gasteiger partial charge in [0.15, 0.2) is 11.5 Å². The highest BCUT2D eigenvalue weighted by atomic mass is 16.5. The SMILES string of the molecule is CC/C=C(/OCC)C(C)=O. The number of ketones is 1. The molecular formula is C8H14O2. The van der Waals surface area contributed by atoms with Crippen LogP contribution in [-0.4, -0.2) is 12.4 Å². The molecule has 0 saturated heterocycles. The number of rotatable bonds is 4. The van der Waals surface area contributed by atoms with Gasteiger partial charge in [-0.3, -0.25) is 4.79 Å². The molecule has 0 bridgehead atoms. The van der Waals surface area contributed by atoms with Crippen molar-refractivity contribution >= 4 is 5.78 Å². The van der Waals surface area contributed by atoms with Gasteiger partial charge in [0.25, 0.3) is 0 Å². The van der Waals surface area contributed by atoms with Crippen molar-refractivity contribution in [2.45, 2.75) is 27.2 Å². The maximum absolute atomic E-state index is 10.7. The first-order chi connectivity index (χ1) is 4.72. The zero-order chi connectivity index (χ0) is 7.98. The third-order valence-corrected chi connectivity index (χ3v) is 1.04. The first kappa shape index (κ1) is 9.21. The predicted octanol–water partition coefficient (Wildman–Crippen LogP) is 1.91. The van der Waals surface area contributed by atoms with Crippen LogP contribution in [0, 0.1) is 0 Å². The third kappa shape index (κ3) is 3.28. The minimum atomic E-state index is 0.00343. The summed E-state index contributed by atoms with van der Waals surface area (Å²) in [5, 5.41) is 0. The van der Waals surface area contributed by atoms with Crippen LogP contribution < -0.4 is 0 Å². The van der Waals surface area contributed by atoms with Gasteiger partial charge in [-0.1, -0.05) is 6.92 Å². The predicted molar refractivity (Wildman–Crippen MR) is 40.7 cm³/mol. The Morgan fingerprint density at radius 3 is 2.40 bits per heavy atom. The highest BCUT2D eigenvalue weighted by Crippen LogP contribution is 1.99. The Hall–Kier alpha value is -0.790. The van der Waals surface area contributed by atoms with Gasteiger partial charge < -0.3 is 4.74 Å². The van der Waals surface area contributed by atoms with Gasteiger partial charge in [0, 0.05) is 6.92 Å². The van der Waals surface area contributed by atoms with Crippen LogP contribution in [-0.2, 0) is 9.53 Å². The maximum Gasteiger partial charge on any atom is 0.193 e. The fourth-order valence-electron chi connectivity index (χ4n) is 0.645. The fourth-order valence-corrected chi connectivity index (χ4v) is 0.645. The lowest BCUT2D eigenvalue weighted by molar-refractivity contribution is -0.116. The summed E-state index contributed by atoms with van der Waals surface area (Å²) in [6.07, 6.45) is 2.64. The summed E-state index contributed by atoms with van der Waals surface area (Å²) >= 11 is 0. The molecule has 0 heterocycles. The van der Waals surface area contributed by atoms with E-state index in [0.717, 1.165) is 6.42 Å². The van der Waals surface area contributed by atoms with E-state index in [-0.39, 0.29) is 5.78 Å². The van der Waals surface area contributed by atoms with Crippen LogP contribution >= 0.6 is 0 Å². The average Bonchev–Trinajstić information content (AvgIpc) is 1.87. The van der Waals surface area contributed by atoms with Crippen LogP contribution in [0.1, 0.15) is 27.2 Å². The number of ether oxygens (including phenoxy) is 1. The Morgan fingerprint density at radius 1 is 1.50 bits per heavy atom. The number of hydrogen-bond donors (Lipinski definition) is 0. The molecule has 0 rings (SSSR count). The summed E-state index contributed by atoms with van der Waals surface area (Å²) in [6.45, 7) is 5.91. The zero-order valence-electron chi connectivity index (χ0n) is 6.81. The Labute approximate surface area is 61.9 Å². The quantitative estimate of drug-likeness (QED) is 0.442. The molecule has 0 aliphatic rings. The van der Waals surface area contributed by atoms with Gasteiger partial charge in [0.05, 0.1) is 6.61 Å². The van der Waals surface area contributed by atoms with E-state index in [0.29, 0.717) is 12.4 Å². The van der Waals surface area contributed by atoms with Gasteiger partial charge in [0.1, 0.15) is 0 Å². The summed E-state index contributed by atoms with van der Waals surface area (Å²) in [6, 6.07) is 0. The molecule has 0 unspecified atom stereocenters. The van der Waals surface area contributed by atoms with Crippen molar-refractivity contribution in [2.24, 2.45) is 0 Å². The largest absolute Gasteiger partial charge is 0.491 e. The Bertz CT molecular complexity index is 136. The average molecular weight is 142 g/mol. The summed E-state index contributed by atoms with van der Waals surface area (Å²) < 4.78 is 5.06. The lowest BCUT2D eigenvalue weighted by Crippen LogP contribution is -2.01. The van der Waals surface area contributed by atoms with E-state index < -0.39 is 0 Å². The van der Waals surface area contributed by atoms with Gasteiger partial charge in [-0.05, 0) is 19.4 Å². The van der Waals surface area contributed by atoms with Crippen molar-refractivity contribution in [3.63, 3.8) is 0 Å². The third-order valence-electron chi connectivity index (χ3n) is 1.04. The number of carbonyl (C=O) groups is 1. The van der Waals surface area contributed by atoms with Crippen molar-refractivity contribution in [3.05, 3.63) is 11.8 Å². The molecule has 0 aliphatic heterocycles. The van der Waals surface area contributed by atoms with Gasteiger partial charge in [-0.2, -0.15) is 0 Å². The summed E-state index contributed by atoms with van der Waals surface area (Å²) in [5.41, 5.74) is 0. The van der Waals surface area contributed by atoms with Crippen molar-refractivity contribution < 1.29 is 9.53 Å². The van der Waals surface area contributed by atoms with Crippen LogP contribution in [0.4, 0.5) is 0 Å². The number of Topliss-reactive ketones (excluding diaryl/α,β-unsaturated/α-hetero) is 1. The van der Waals surface area contributed by atoms with E-state index in [1.54, 1.807) is 6.08 Å². The van der Waals surface area contributed by atoms with Crippen molar-refractivity contribution in [1.29, 1.82) is 0 Å². The minimum absolute atomic E-state index is 0.00343.